The van der Waals surface area contributed by atoms with E-state index < -0.39 is 17.5 Å². The molecule has 0 amide bonds. The maximum atomic E-state index is 14.5. The maximum Gasteiger partial charge on any atom is 0.204 e. The van der Waals surface area contributed by atoms with E-state index >= 15 is 0 Å². The van der Waals surface area contributed by atoms with E-state index in [9.17, 15) is 13.2 Å². The Morgan fingerprint density at radius 2 is 1.85 bits per heavy atom. The van der Waals surface area contributed by atoms with Gasteiger partial charge in [-0.3, -0.25) is 5.41 Å². The van der Waals surface area contributed by atoms with E-state index in [1.165, 1.54) is 30.1 Å². The number of H-pyrrole nitrogens is 1. The van der Waals surface area contributed by atoms with Gasteiger partial charge in [-0.1, -0.05) is 0 Å². The molecular formula is C17H14F3IN2OS2. The summed E-state index contributed by atoms with van der Waals surface area (Å²) >= 11 is 2.29. The molecule has 0 unspecified atom stereocenters. The average Bonchev–Trinajstić information content (AvgIpc) is 3.10. The Morgan fingerprint density at radius 1 is 1.12 bits per heavy atom. The van der Waals surface area contributed by atoms with Gasteiger partial charge in [-0.05, 0) is 36.8 Å². The van der Waals surface area contributed by atoms with Crippen LogP contribution in [-0.2, 0) is 0 Å². The quantitative estimate of drug-likeness (QED) is 0.185. The number of halogens is 4. The number of hydrogen-bond acceptors (Lipinski definition) is 4. The Bertz CT molecular complexity index is 978. The van der Waals surface area contributed by atoms with E-state index in [0.29, 0.717) is 10.3 Å². The lowest BCUT2D eigenvalue weighted by molar-refractivity contribution is 0.409. The summed E-state index contributed by atoms with van der Waals surface area (Å²) in [6, 6.07) is 5.39. The number of aromatic amines is 1. The second-order valence-corrected chi connectivity index (χ2v) is 6.67. The smallest absolute Gasteiger partial charge is 0.204 e. The summed E-state index contributed by atoms with van der Waals surface area (Å²) in [4.78, 5) is 3.10. The molecule has 0 aliphatic rings. The van der Waals surface area contributed by atoms with Gasteiger partial charge in [0, 0.05) is 17.1 Å². The highest BCUT2D eigenvalue weighted by Gasteiger charge is 2.22. The van der Waals surface area contributed by atoms with Crippen LogP contribution in [0.4, 0.5) is 13.2 Å². The monoisotopic (exact) mass is 510 g/mol. The minimum absolute atomic E-state index is 0. The Morgan fingerprint density at radius 3 is 2.50 bits per heavy atom. The SMILES string of the molecule is CSC(=N)c1cc(Oc2c(F)c(F)c3[nH]ccc3c2SC)ccc1F.I. The molecule has 2 N–H and O–H groups in total. The highest BCUT2D eigenvalue weighted by Crippen LogP contribution is 2.41. The van der Waals surface area contributed by atoms with Gasteiger partial charge in [0.05, 0.1) is 15.5 Å². The van der Waals surface area contributed by atoms with Crippen LogP contribution in [0, 0.1) is 22.9 Å². The van der Waals surface area contributed by atoms with E-state index in [4.69, 9.17) is 10.1 Å². The number of hydrogen-bond donors (Lipinski definition) is 2. The molecule has 3 nitrogen and oxygen atoms in total. The molecule has 3 rings (SSSR count). The molecule has 0 bridgehead atoms. The molecule has 0 aliphatic carbocycles. The predicted molar refractivity (Wildman–Crippen MR) is 112 cm³/mol. The van der Waals surface area contributed by atoms with Gasteiger partial charge >= 0.3 is 0 Å². The number of benzene rings is 2. The molecule has 0 saturated carbocycles. The van der Waals surface area contributed by atoms with E-state index in [1.54, 1.807) is 18.6 Å². The molecule has 3 aromatic rings. The van der Waals surface area contributed by atoms with Crippen LogP contribution in [0.1, 0.15) is 5.56 Å². The Balaban J connectivity index is 0.00000243. The lowest BCUT2D eigenvalue weighted by Gasteiger charge is -2.14. The van der Waals surface area contributed by atoms with Gasteiger partial charge < -0.3 is 9.72 Å². The Kier molecular flexibility index (Phi) is 6.92. The second kappa shape index (κ2) is 8.57. The van der Waals surface area contributed by atoms with Gasteiger partial charge in [0.25, 0.3) is 0 Å². The average molecular weight is 510 g/mol. The molecule has 138 valence electrons. The van der Waals surface area contributed by atoms with Crippen molar-refractivity contribution >= 4 is 63.4 Å². The summed E-state index contributed by atoms with van der Waals surface area (Å²) in [6.07, 6.45) is 4.90. The first-order chi connectivity index (χ1) is 12.0. The summed E-state index contributed by atoms with van der Waals surface area (Å²) in [5.41, 5.74) is 0.109. The molecule has 0 aliphatic heterocycles. The van der Waals surface area contributed by atoms with Crippen molar-refractivity contribution in [2.45, 2.75) is 4.90 Å². The third-order valence-corrected chi connectivity index (χ3v) is 5.06. The van der Waals surface area contributed by atoms with E-state index in [2.05, 4.69) is 4.98 Å². The van der Waals surface area contributed by atoms with Gasteiger partial charge in [0.1, 0.15) is 11.6 Å². The zero-order chi connectivity index (χ0) is 18.1. The fourth-order valence-electron chi connectivity index (χ4n) is 2.44. The number of ether oxygens (including phenoxy) is 1. The zero-order valence-electron chi connectivity index (χ0n) is 13.7. The molecule has 26 heavy (non-hydrogen) atoms. The minimum atomic E-state index is -1.12. The predicted octanol–water partition coefficient (Wildman–Crippen LogP) is 6.41. The van der Waals surface area contributed by atoms with Gasteiger partial charge in [0.15, 0.2) is 11.6 Å². The number of fused-ring (bicyclic) bond motifs is 1. The topological polar surface area (TPSA) is 48.9 Å². The van der Waals surface area contributed by atoms with Crippen LogP contribution in [0.15, 0.2) is 35.4 Å². The van der Waals surface area contributed by atoms with Crippen molar-refractivity contribution in [1.29, 1.82) is 5.41 Å². The summed E-state index contributed by atoms with van der Waals surface area (Å²) in [6.45, 7) is 0. The van der Waals surface area contributed by atoms with Gasteiger partial charge in [-0.2, -0.15) is 4.39 Å². The van der Waals surface area contributed by atoms with Crippen LogP contribution in [-0.4, -0.2) is 22.5 Å². The first-order valence-corrected chi connectivity index (χ1v) is 9.55. The van der Waals surface area contributed by atoms with Crippen LogP contribution < -0.4 is 4.74 Å². The van der Waals surface area contributed by atoms with Crippen molar-refractivity contribution in [2.75, 3.05) is 12.5 Å². The van der Waals surface area contributed by atoms with E-state index in [1.807, 2.05) is 0 Å². The standard InChI is InChI=1S/C17H13F3N2OS2.HI/c1-24-16-9-5-6-22-14(9)12(19)13(20)15(16)23-8-3-4-11(18)10(7-8)17(21)25-2;/h3-7,21-22H,1-2H3;1H. The van der Waals surface area contributed by atoms with E-state index in [0.717, 1.165) is 17.8 Å². The van der Waals surface area contributed by atoms with Crippen LogP contribution >= 0.6 is 47.5 Å². The third kappa shape index (κ3) is 3.70. The first kappa shape index (κ1) is 21.0. The molecule has 0 spiro atoms. The van der Waals surface area contributed by atoms with Crippen molar-refractivity contribution in [3.63, 3.8) is 0 Å². The molecule has 0 saturated heterocycles. The first-order valence-electron chi connectivity index (χ1n) is 7.10. The highest BCUT2D eigenvalue weighted by atomic mass is 127. The summed E-state index contributed by atoms with van der Waals surface area (Å²) in [7, 11) is 0. The van der Waals surface area contributed by atoms with E-state index in [-0.39, 0.29) is 51.6 Å². The van der Waals surface area contributed by atoms with Crippen LogP contribution in [0.5, 0.6) is 11.5 Å². The normalized spacial score (nSPS) is 10.7. The van der Waals surface area contributed by atoms with Crippen molar-refractivity contribution in [2.24, 2.45) is 0 Å². The highest BCUT2D eigenvalue weighted by molar-refractivity contribution is 14.0. The van der Waals surface area contributed by atoms with Crippen LogP contribution in [0.3, 0.4) is 0 Å². The Hall–Kier alpha value is -1.33. The van der Waals surface area contributed by atoms with Gasteiger partial charge in [-0.15, -0.1) is 47.5 Å². The zero-order valence-corrected chi connectivity index (χ0v) is 17.6. The van der Waals surface area contributed by atoms with Crippen molar-refractivity contribution in [1.82, 2.24) is 4.98 Å². The molecule has 0 atom stereocenters. The minimum Gasteiger partial charge on any atom is -0.453 e. The van der Waals surface area contributed by atoms with Crippen LogP contribution in [0.25, 0.3) is 10.9 Å². The van der Waals surface area contributed by atoms with Crippen LogP contribution in [0.2, 0.25) is 0 Å². The van der Waals surface area contributed by atoms with Crippen molar-refractivity contribution < 1.29 is 17.9 Å². The molecule has 1 heterocycles. The molecule has 2 aromatic carbocycles. The summed E-state index contributed by atoms with van der Waals surface area (Å²) in [5.74, 6) is -2.87. The molecule has 1 aromatic heterocycles. The number of thioether (sulfide) groups is 2. The number of nitrogens with one attached hydrogen (secondary N) is 2. The largest absolute Gasteiger partial charge is 0.453 e. The van der Waals surface area contributed by atoms with Gasteiger partial charge in [-0.25, -0.2) is 8.78 Å². The van der Waals surface area contributed by atoms with Crippen molar-refractivity contribution in [3.05, 3.63) is 53.5 Å². The number of aromatic nitrogens is 1. The van der Waals surface area contributed by atoms with Gasteiger partial charge in [0.2, 0.25) is 5.82 Å². The number of rotatable bonds is 4. The molecule has 0 fully saturated rings. The maximum absolute atomic E-state index is 14.5. The lowest BCUT2D eigenvalue weighted by atomic mass is 10.2. The molecule has 9 heteroatoms. The summed E-state index contributed by atoms with van der Waals surface area (Å²) in [5, 5.41) is 8.28. The molecular weight excluding hydrogens is 496 g/mol. The fourth-order valence-corrected chi connectivity index (χ4v) is 3.52. The second-order valence-electron chi connectivity index (χ2n) is 5.03. The lowest BCUT2D eigenvalue weighted by Crippen LogP contribution is -2.00. The Labute approximate surface area is 173 Å². The summed E-state index contributed by atoms with van der Waals surface area (Å²) < 4.78 is 48.1. The fraction of sp³-hybridized carbons (Fsp3) is 0.118. The molecule has 0 radical (unpaired) electrons. The third-order valence-electron chi connectivity index (χ3n) is 3.62. The van der Waals surface area contributed by atoms with Crippen molar-refractivity contribution in [3.8, 4) is 11.5 Å².